The topological polar surface area (TPSA) is 84.5 Å². The molecule has 0 amide bonds. The van der Waals surface area contributed by atoms with Crippen LogP contribution >= 0.6 is 0 Å². The summed E-state index contributed by atoms with van der Waals surface area (Å²) in [6.45, 7) is 4.55. The molecular weight excluding hydrogens is 304 g/mol. The maximum Gasteiger partial charge on any atom is 0.337 e. The number of carbonyl (C=O) groups excluding carboxylic acids is 1. The van der Waals surface area contributed by atoms with Gasteiger partial charge in [-0.25, -0.2) is 17.9 Å². The Bertz CT molecular complexity index is 658. The Morgan fingerprint density at radius 2 is 2.14 bits per heavy atom. The number of ether oxygens (including phenoxy) is 1. The smallest absolute Gasteiger partial charge is 0.337 e. The van der Waals surface area contributed by atoms with Crippen molar-refractivity contribution in [2.24, 2.45) is 0 Å². The molecule has 0 radical (unpaired) electrons. The van der Waals surface area contributed by atoms with E-state index in [2.05, 4.69) is 14.8 Å². The molecule has 2 N–H and O–H groups in total. The third-order valence-corrected chi connectivity index (χ3v) is 5.60. The second-order valence-electron chi connectivity index (χ2n) is 5.58. The lowest BCUT2D eigenvalue weighted by Crippen LogP contribution is -2.51. The van der Waals surface area contributed by atoms with Crippen molar-refractivity contribution >= 4 is 16.0 Å². The fraction of sp³-hybridized carbons (Fsp3) is 0.533. The highest BCUT2D eigenvalue weighted by molar-refractivity contribution is 7.89. The number of hydrogen-bond acceptors (Lipinski definition) is 5. The molecule has 22 heavy (non-hydrogen) atoms. The van der Waals surface area contributed by atoms with Gasteiger partial charge in [0.25, 0.3) is 0 Å². The zero-order valence-corrected chi connectivity index (χ0v) is 13.9. The number of nitrogens with one attached hydrogen (secondary N) is 2. The molecule has 6 nitrogen and oxygen atoms in total. The van der Waals surface area contributed by atoms with Gasteiger partial charge < -0.3 is 10.1 Å². The fourth-order valence-electron chi connectivity index (χ4n) is 2.66. The van der Waals surface area contributed by atoms with Crippen LogP contribution in [0.3, 0.4) is 0 Å². The SMILES string of the molecule is COC(=O)c1ccc(S(=O)(=O)NC2CCCNC2C)c(C)c1. The first-order valence-electron chi connectivity index (χ1n) is 7.30. The zero-order chi connectivity index (χ0) is 16.3. The van der Waals surface area contributed by atoms with Crippen LogP contribution in [0, 0.1) is 6.92 Å². The van der Waals surface area contributed by atoms with Gasteiger partial charge in [-0.15, -0.1) is 0 Å². The maximum atomic E-state index is 12.6. The third-order valence-electron chi connectivity index (χ3n) is 3.95. The Morgan fingerprint density at radius 3 is 2.73 bits per heavy atom. The molecule has 2 unspecified atom stereocenters. The predicted octanol–water partition coefficient (Wildman–Crippen LogP) is 1.20. The average Bonchev–Trinajstić information content (AvgIpc) is 2.48. The minimum atomic E-state index is -3.61. The lowest BCUT2D eigenvalue weighted by Gasteiger charge is -2.30. The van der Waals surface area contributed by atoms with E-state index in [-0.39, 0.29) is 17.0 Å². The van der Waals surface area contributed by atoms with Gasteiger partial charge in [0.2, 0.25) is 10.0 Å². The van der Waals surface area contributed by atoms with Crippen molar-refractivity contribution in [1.29, 1.82) is 0 Å². The summed E-state index contributed by atoms with van der Waals surface area (Å²) in [4.78, 5) is 11.7. The first-order chi connectivity index (χ1) is 10.3. The summed E-state index contributed by atoms with van der Waals surface area (Å²) in [5.74, 6) is -0.481. The summed E-state index contributed by atoms with van der Waals surface area (Å²) in [6, 6.07) is 4.42. The molecule has 1 fully saturated rings. The van der Waals surface area contributed by atoms with Gasteiger partial charge >= 0.3 is 5.97 Å². The molecule has 1 aliphatic heterocycles. The van der Waals surface area contributed by atoms with Crippen molar-refractivity contribution in [1.82, 2.24) is 10.0 Å². The Balaban J connectivity index is 2.24. The minimum Gasteiger partial charge on any atom is -0.465 e. The number of carbonyl (C=O) groups is 1. The van der Waals surface area contributed by atoms with Crippen LogP contribution in [0.5, 0.6) is 0 Å². The molecule has 0 spiro atoms. The molecule has 2 atom stereocenters. The number of hydrogen-bond donors (Lipinski definition) is 2. The van der Waals surface area contributed by atoms with Gasteiger partial charge in [0.05, 0.1) is 17.6 Å². The number of sulfonamides is 1. The number of methoxy groups -OCH3 is 1. The molecule has 1 aromatic rings. The molecule has 7 heteroatoms. The van der Waals surface area contributed by atoms with Crippen LogP contribution in [0.4, 0.5) is 0 Å². The normalized spacial score (nSPS) is 22.3. The summed E-state index contributed by atoms with van der Waals surface area (Å²) in [6.07, 6.45) is 1.75. The molecule has 0 bridgehead atoms. The molecule has 122 valence electrons. The highest BCUT2D eigenvalue weighted by Crippen LogP contribution is 2.19. The molecule has 1 aliphatic rings. The van der Waals surface area contributed by atoms with Crippen LogP contribution in [0.1, 0.15) is 35.7 Å². The van der Waals surface area contributed by atoms with E-state index < -0.39 is 16.0 Å². The Hall–Kier alpha value is -1.44. The van der Waals surface area contributed by atoms with Gasteiger partial charge in [-0.3, -0.25) is 0 Å². The van der Waals surface area contributed by atoms with Gasteiger partial charge in [0, 0.05) is 12.1 Å². The van der Waals surface area contributed by atoms with Gasteiger partial charge in [-0.05, 0) is 57.0 Å². The standard InChI is InChI=1S/C15H22N2O4S/c1-10-9-12(15(18)21-3)6-7-14(10)22(19,20)17-13-5-4-8-16-11(13)2/h6-7,9,11,13,16-17H,4-5,8H2,1-3H3. The van der Waals surface area contributed by atoms with Crippen LogP contribution in [0.25, 0.3) is 0 Å². The number of piperidine rings is 1. The summed E-state index contributed by atoms with van der Waals surface area (Å²) in [5.41, 5.74) is 0.860. The van der Waals surface area contributed by atoms with Crippen molar-refractivity contribution in [3.63, 3.8) is 0 Å². The van der Waals surface area contributed by atoms with Crippen molar-refractivity contribution in [3.05, 3.63) is 29.3 Å². The zero-order valence-electron chi connectivity index (χ0n) is 13.0. The van der Waals surface area contributed by atoms with Crippen molar-refractivity contribution in [2.45, 2.75) is 43.7 Å². The second-order valence-corrected chi connectivity index (χ2v) is 7.27. The van der Waals surface area contributed by atoms with E-state index in [0.717, 1.165) is 19.4 Å². The molecule has 1 aromatic carbocycles. The highest BCUT2D eigenvalue weighted by atomic mass is 32.2. The van der Waals surface area contributed by atoms with E-state index in [1.165, 1.54) is 25.3 Å². The van der Waals surface area contributed by atoms with Crippen LogP contribution in [-0.2, 0) is 14.8 Å². The molecule has 2 rings (SSSR count). The van der Waals surface area contributed by atoms with Crippen LogP contribution < -0.4 is 10.0 Å². The molecule has 0 aliphatic carbocycles. The third kappa shape index (κ3) is 3.66. The second kappa shape index (κ2) is 6.76. The summed E-state index contributed by atoms with van der Waals surface area (Å²) < 4.78 is 32.5. The number of benzene rings is 1. The van der Waals surface area contributed by atoms with E-state index in [1.807, 2.05) is 6.92 Å². The van der Waals surface area contributed by atoms with E-state index in [9.17, 15) is 13.2 Å². The molecule has 1 saturated heterocycles. The van der Waals surface area contributed by atoms with Gasteiger partial charge in [0.15, 0.2) is 0 Å². The number of esters is 1. The Labute approximate surface area is 131 Å². The minimum absolute atomic E-state index is 0.0955. The average molecular weight is 326 g/mol. The summed E-state index contributed by atoms with van der Waals surface area (Å²) in [5, 5.41) is 3.26. The van der Waals surface area contributed by atoms with E-state index in [4.69, 9.17) is 0 Å². The van der Waals surface area contributed by atoms with E-state index >= 15 is 0 Å². The van der Waals surface area contributed by atoms with Crippen LogP contribution in [-0.4, -0.2) is 40.1 Å². The molecule has 0 saturated carbocycles. The molecule has 1 heterocycles. The van der Waals surface area contributed by atoms with Crippen LogP contribution in [0.2, 0.25) is 0 Å². The van der Waals surface area contributed by atoms with E-state index in [1.54, 1.807) is 6.92 Å². The molecule has 0 aromatic heterocycles. The lowest BCUT2D eigenvalue weighted by molar-refractivity contribution is 0.0600. The number of aryl methyl sites for hydroxylation is 1. The largest absolute Gasteiger partial charge is 0.465 e. The van der Waals surface area contributed by atoms with Gasteiger partial charge in [0.1, 0.15) is 0 Å². The van der Waals surface area contributed by atoms with E-state index in [0.29, 0.717) is 11.1 Å². The maximum absolute atomic E-state index is 12.6. The summed E-state index contributed by atoms with van der Waals surface area (Å²) >= 11 is 0. The first-order valence-corrected chi connectivity index (χ1v) is 8.78. The Morgan fingerprint density at radius 1 is 1.41 bits per heavy atom. The summed E-state index contributed by atoms with van der Waals surface area (Å²) in [7, 11) is -2.32. The number of rotatable bonds is 4. The van der Waals surface area contributed by atoms with Gasteiger partial charge in [-0.1, -0.05) is 0 Å². The lowest BCUT2D eigenvalue weighted by atomic mass is 10.0. The van der Waals surface area contributed by atoms with Gasteiger partial charge in [-0.2, -0.15) is 0 Å². The monoisotopic (exact) mass is 326 g/mol. The van der Waals surface area contributed by atoms with Crippen LogP contribution in [0.15, 0.2) is 23.1 Å². The Kier molecular flexibility index (Phi) is 5.20. The molecular formula is C15H22N2O4S. The highest BCUT2D eigenvalue weighted by Gasteiger charge is 2.27. The quantitative estimate of drug-likeness (QED) is 0.812. The van der Waals surface area contributed by atoms with Crippen molar-refractivity contribution < 1.29 is 17.9 Å². The fourth-order valence-corrected chi connectivity index (χ4v) is 4.24. The van der Waals surface area contributed by atoms with Crippen molar-refractivity contribution in [2.75, 3.05) is 13.7 Å². The predicted molar refractivity (Wildman–Crippen MR) is 83.3 cm³/mol. The first kappa shape index (κ1) is 16.9. The van der Waals surface area contributed by atoms with Crippen molar-refractivity contribution in [3.8, 4) is 0 Å².